The summed E-state index contributed by atoms with van der Waals surface area (Å²) in [6.45, 7) is 4.70. The number of hydrogen-bond acceptors (Lipinski definition) is 6. The summed E-state index contributed by atoms with van der Waals surface area (Å²) in [4.78, 5) is 27.5. The van der Waals surface area contributed by atoms with Crippen LogP contribution >= 0.6 is 11.3 Å². The van der Waals surface area contributed by atoms with Gasteiger partial charge in [0.15, 0.2) is 0 Å². The van der Waals surface area contributed by atoms with E-state index in [1.807, 2.05) is 35.7 Å². The summed E-state index contributed by atoms with van der Waals surface area (Å²) < 4.78 is 5.38. The van der Waals surface area contributed by atoms with Gasteiger partial charge in [-0.05, 0) is 29.1 Å². The lowest BCUT2D eigenvalue weighted by Gasteiger charge is -2.28. The maximum absolute atomic E-state index is 13.1. The minimum Gasteiger partial charge on any atom is -0.379 e. The second kappa shape index (κ2) is 8.86. The Balaban J connectivity index is 1.54. The summed E-state index contributed by atoms with van der Waals surface area (Å²) in [6, 6.07) is 11.6. The van der Waals surface area contributed by atoms with E-state index in [9.17, 15) is 9.59 Å². The molecule has 4 rings (SSSR count). The molecular weight excluding hydrogens is 388 g/mol. The monoisotopic (exact) mass is 412 g/mol. The minimum absolute atomic E-state index is 0.00941. The molecule has 0 radical (unpaired) electrons. The van der Waals surface area contributed by atoms with Gasteiger partial charge in [-0.15, -0.1) is 11.3 Å². The number of nitrogens with zero attached hydrogens (tertiary/aromatic N) is 3. The van der Waals surface area contributed by atoms with Crippen LogP contribution in [-0.4, -0.2) is 60.3 Å². The molecule has 0 spiro atoms. The van der Waals surface area contributed by atoms with Gasteiger partial charge in [-0.3, -0.25) is 14.5 Å². The third-order valence-corrected chi connectivity index (χ3v) is 6.01. The average Bonchev–Trinajstić information content (AvgIpc) is 3.39. The SMILES string of the molecule is CC(=O)Nc1ccc(C2=NN(C(=O)CN3CCOCC3)[C@H](c3cccs3)C2)cc1. The van der Waals surface area contributed by atoms with E-state index in [1.54, 1.807) is 16.3 Å². The number of nitrogens with one attached hydrogen (secondary N) is 1. The second-order valence-corrected chi connectivity index (χ2v) is 8.15. The Morgan fingerprint density at radius 1 is 1.21 bits per heavy atom. The Kier molecular flexibility index (Phi) is 6.03. The van der Waals surface area contributed by atoms with Crippen LogP contribution in [0.3, 0.4) is 0 Å². The van der Waals surface area contributed by atoms with Gasteiger partial charge in [0.1, 0.15) is 0 Å². The fourth-order valence-electron chi connectivity index (χ4n) is 3.59. The molecule has 0 saturated carbocycles. The predicted octanol–water partition coefficient (Wildman–Crippen LogP) is 2.72. The lowest BCUT2D eigenvalue weighted by atomic mass is 10.0. The molecule has 0 aliphatic carbocycles. The lowest BCUT2D eigenvalue weighted by molar-refractivity contribution is -0.135. The van der Waals surface area contributed by atoms with Gasteiger partial charge in [0.25, 0.3) is 5.91 Å². The Bertz CT molecular complexity index is 889. The number of benzene rings is 1. The molecule has 0 unspecified atom stereocenters. The van der Waals surface area contributed by atoms with Crippen LogP contribution in [0.5, 0.6) is 0 Å². The molecule has 152 valence electrons. The third kappa shape index (κ3) is 4.72. The highest BCUT2D eigenvalue weighted by atomic mass is 32.1. The van der Waals surface area contributed by atoms with E-state index in [0.29, 0.717) is 26.2 Å². The van der Waals surface area contributed by atoms with Crippen molar-refractivity contribution in [3.63, 3.8) is 0 Å². The normalized spacial score (nSPS) is 19.8. The minimum atomic E-state index is -0.103. The highest BCUT2D eigenvalue weighted by molar-refractivity contribution is 7.10. The van der Waals surface area contributed by atoms with Gasteiger partial charge in [-0.1, -0.05) is 18.2 Å². The first-order valence-electron chi connectivity index (χ1n) is 9.71. The zero-order valence-electron chi connectivity index (χ0n) is 16.3. The third-order valence-electron chi connectivity index (χ3n) is 5.04. The van der Waals surface area contributed by atoms with Crippen LogP contribution in [0.15, 0.2) is 46.9 Å². The van der Waals surface area contributed by atoms with Crippen LogP contribution in [0.25, 0.3) is 0 Å². The molecule has 0 bridgehead atoms. The maximum atomic E-state index is 13.1. The first kappa shape index (κ1) is 19.8. The van der Waals surface area contributed by atoms with Crippen molar-refractivity contribution in [2.45, 2.75) is 19.4 Å². The zero-order valence-corrected chi connectivity index (χ0v) is 17.2. The number of carbonyl (C=O) groups excluding carboxylic acids is 2. The van der Waals surface area contributed by atoms with Crippen molar-refractivity contribution >= 4 is 34.6 Å². The molecule has 2 aliphatic rings. The van der Waals surface area contributed by atoms with Crippen molar-refractivity contribution in [3.05, 3.63) is 52.2 Å². The number of ether oxygens (including phenoxy) is 1. The highest BCUT2D eigenvalue weighted by Crippen LogP contribution is 2.35. The molecule has 8 heteroatoms. The van der Waals surface area contributed by atoms with Gasteiger partial charge < -0.3 is 10.1 Å². The first-order valence-corrected chi connectivity index (χ1v) is 10.6. The number of hydrogen-bond donors (Lipinski definition) is 1. The number of anilines is 1. The predicted molar refractivity (Wildman–Crippen MR) is 113 cm³/mol. The highest BCUT2D eigenvalue weighted by Gasteiger charge is 2.34. The zero-order chi connectivity index (χ0) is 20.2. The number of carbonyl (C=O) groups is 2. The Morgan fingerprint density at radius 2 is 1.97 bits per heavy atom. The molecule has 1 fully saturated rings. The van der Waals surface area contributed by atoms with Crippen LogP contribution < -0.4 is 5.32 Å². The molecule has 29 heavy (non-hydrogen) atoms. The van der Waals surface area contributed by atoms with Gasteiger partial charge in [-0.2, -0.15) is 5.10 Å². The summed E-state index contributed by atoms with van der Waals surface area (Å²) in [6.07, 6.45) is 0.675. The Labute approximate surface area is 174 Å². The standard InChI is InChI=1S/C21H24N4O3S/c1-15(26)22-17-6-4-16(5-7-17)18-13-19(20-3-2-12-29-20)25(23-18)21(27)14-24-8-10-28-11-9-24/h2-7,12,19H,8-11,13-14H2,1H3,(H,22,26)/t19-/m0/s1. The van der Waals surface area contributed by atoms with Crippen LogP contribution in [-0.2, 0) is 14.3 Å². The van der Waals surface area contributed by atoms with E-state index in [4.69, 9.17) is 9.84 Å². The number of morpholine rings is 1. The fourth-order valence-corrected chi connectivity index (χ4v) is 4.40. The maximum Gasteiger partial charge on any atom is 0.257 e. The topological polar surface area (TPSA) is 74.2 Å². The van der Waals surface area contributed by atoms with Gasteiger partial charge in [0.05, 0.1) is 31.5 Å². The van der Waals surface area contributed by atoms with E-state index < -0.39 is 0 Å². The van der Waals surface area contributed by atoms with Crippen LogP contribution in [0, 0.1) is 0 Å². The van der Waals surface area contributed by atoms with Crippen molar-refractivity contribution in [2.24, 2.45) is 5.10 Å². The quantitative estimate of drug-likeness (QED) is 0.820. The molecular formula is C21H24N4O3S. The summed E-state index contributed by atoms with van der Waals surface area (Å²) in [5.41, 5.74) is 2.59. The molecule has 1 aromatic carbocycles. The molecule has 1 saturated heterocycles. The van der Waals surface area contributed by atoms with E-state index in [0.717, 1.165) is 34.9 Å². The molecule has 1 aromatic heterocycles. The second-order valence-electron chi connectivity index (χ2n) is 7.17. The van der Waals surface area contributed by atoms with Gasteiger partial charge in [-0.25, -0.2) is 5.01 Å². The van der Waals surface area contributed by atoms with Gasteiger partial charge in [0, 0.05) is 37.0 Å². The van der Waals surface area contributed by atoms with Crippen molar-refractivity contribution in [1.29, 1.82) is 0 Å². The van der Waals surface area contributed by atoms with Gasteiger partial charge in [0.2, 0.25) is 5.91 Å². The Morgan fingerprint density at radius 3 is 2.62 bits per heavy atom. The van der Waals surface area contributed by atoms with Crippen molar-refractivity contribution in [2.75, 3.05) is 38.2 Å². The summed E-state index contributed by atoms with van der Waals surface area (Å²) in [7, 11) is 0. The molecule has 7 nitrogen and oxygen atoms in total. The number of rotatable bonds is 5. The smallest absolute Gasteiger partial charge is 0.257 e. The average molecular weight is 413 g/mol. The van der Waals surface area contributed by atoms with Crippen LogP contribution in [0.4, 0.5) is 5.69 Å². The molecule has 2 amide bonds. The summed E-state index contributed by atoms with van der Waals surface area (Å²) in [5.74, 6) is -0.0937. The van der Waals surface area contributed by atoms with Crippen molar-refractivity contribution in [1.82, 2.24) is 9.91 Å². The number of thiophene rings is 1. The molecule has 3 heterocycles. The molecule has 2 aliphatic heterocycles. The summed E-state index contributed by atoms with van der Waals surface area (Å²) in [5, 5.41) is 11.2. The largest absolute Gasteiger partial charge is 0.379 e. The molecule has 1 N–H and O–H groups in total. The van der Waals surface area contributed by atoms with E-state index in [2.05, 4.69) is 16.3 Å². The number of hydrazone groups is 1. The number of amides is 2. The van der Waals surface area contributed by atoms with E-state index in [-0.39, 0.29) is 17.9 Å². The van der Waals surface area contributed by atoms with E-state index >= 15 is 0 Å². The van der Waals surface area contributed by atoms with Crippen molar-refractivity contribution < 1.29 is 14.3 Å². The lowest BCUT2D eigenvalue weighted by Crippen LogP contribution is -2.43. The Hall–Kier alpha value is -2.55. The fraction of sp³-hybridized carbons (Fsp3) is 0.381. The molecule has 1 atom stereocenters. The van der Waals surface area contributed by atoms with Gasteiger partial charge >= 0.3 is 0 Å². The summed E-state index contributed by atoms with van der Waals surface area (Å²) >= 11 is 1.65. The van der Waals surface area contributed by atoms with E-state index in [1.165, 1.54) is 6.92 Å². The van der Waals surface area contributed by atoms with Crippen molar-refractivity contribution in [3.8, 4) is 0 Å². The van der Waals surface area contributed by atoms with Crippen LogP contribution in [0.1, 0.15) is 29.8 Å². The first-order chi connectivity index (χ1) is 14.1. The van der Waals surface area contributed by atoms with Crippen LogP contribution in [0.2, 0.25) is 0 Å². The molecule has 2 aromatic rings.